The molecule has 2 aromatic carbocycles. The summed E-state index contributed by atoms with van der Waals surface area (Å²) >= 11 is 1.66. The zero-order chi connectivity index (χ0) is 18.9. The largest absolute Gasteiger partial charge is 0.353 e. The lowest BCUT2D eigenvalue weighted by Crippen LogP contribution is -2.25. The van der Waals surface area contributed by atoms with E-state index in [9.17, 15) is 4.79 Å². The predicted octanol–water partition coefficient (Wildman–Crippen LogP) is 4.75. The summed E-state index contributed by atoms with van der Waals surface area (Å²) in [7, 11) is 0. The number of fused-ring (bicyclic) bond motifs is 2. The Hall–Kier alpha value is -3.38. The zero-order valence-electron chi connectivity index (χ0n) is 15.0. The van der Waals surface area contributed by atoms with Crippen LogP contribution in [0.4, 0.5) is 0 Å². The normalized spacial score (nSPS) is 11.3. The van der Waals surface area contributed by atoms with E-state index in [1.807, 2.05) is 47.8 Å². The van der Waals surface area contributed by atoms with Crippen LogP contribution in [0.5, 0.6) is 0 Å². The smallest absolute Gasteiger partial charge is 0.251 e. The second kappa shape index (κ2) is 6.98. The predicted molar refractivity (Wildman–Crippen MR) is 114 cm³/mol. The number of amides is 1. The summed E-state index contributed by atoms with van der Waals surface area (Å²) in [6, 6.07) is 20.0. The van der Waals surface area contributed by atoms with E-state index in [0.29, 0.717) is 12.1 Å². The summed E-state index contributed by atoms with van der Waals surface area (Å²) in [5.41, 5.74) is 5.69. The number of H-pyrrole nitrogens is 2. The molecule has 1 amide bonds. The fourth-order valence-electron chi connectivity index (χ4n) is 3.39. The van der Waals surface area contributed by atoms with Crippen LogP contribution in [0.3, 0.4) is 0 Å². The molecule has 0 saturated carbocycles. The number of carbonyl (C=O) groups is 1. The first-order chi connectivity index (χ1) is 13.8. The van der Waals surface area contributed by atoms with E-state index < -0.39 is 0 Å². The molecule has 138 valence electrons. The quantitative estimate of drug-likeness (QED) is 0.408. The summed E-state index contributed by atoms with van der Waals surface area (Å²) in [6.45, 7) is 0.612. The van der Waals surface area contributed by atoms with E-state index in [1.54, 1.807) is 11.3 Å². The van der Waals surface area contributed by atoms with Gasteiger partial charge in [-0.2, -0.15) is 5.10 Å². The molecule has 0 atom stereocenters. The molecule has 3 N–H and O–H groups in total. The standard InChI is InChI=1S/C22H18N4OS/c27-22(23-10-8-14-4-2-1-3-5-14)16-7-6-15-12-19(24-18(15)13-16)20-21-17(25-26-20)9-11-28-21/h1-7,9,11-13,24H,8,10H2,(H,23,27)(H,25,26). The monoisotopic (exact) mass is 386 g/mol. The molecule has 0 bridgehead atoms. The molecular formula is C22H18N4OS. The summed E-state index contributed by atoms with van der Waals surface area (Å²) in [4.78, 5) is 15.9. The van der Waals surface area contributed by atoms with Crippen LogP contribution >= 0.6 is 11.3 Å². The van der Waals surface area contributed by atoms with Gasteiger partial charge in [-0.05, 0) is 41.6 Å². The molecule has 3 heterocycles. The SMILES string of the molecule is O=C(NCCc1ccccc1)c1ccc2cc(-c3n[nH]c4ccsc34)[nH]c2c1. The molecule has 0 unspecified atom stereocenters. The van der Waals surface area contributed by atoms with Crippen molar-refractivity contribution in [1.29, 1.82) is 0 Å². The van der Waals surface area contributed by atoms with Gasteiger partial charge in [-0.3, -0.25) is 9.89 Å². The molecule has 5 rings (SSSR count). The molecule has 0 aliphatic carbocycles. The number of nitrogens with zero attached hydrogens (tertiary/aromatic N) is 1. The Labute approximate surface area is 165 Å². The van der Waals surface area contributed by atoms with Crippen molar-refractivity contribution in [2.24, 2.45) is 0 Å². The summed E-state index contributed by atoms with van der Waals surface area (Å²) in [5, 5.41) is 13.6. The number of aromatic amines is 2. The van der Waals surface area contributed by atoms with Crippen LogP contribution in [0.15, 0.2) is 66.0 Å². The Kier molecular flexibility index (Phi) is 4.18. The van der Waals surface area contributed by atoms with Gasteiger partial charge < -0.3 is 10.3 Å². The van der Waals surface area contributed by atoms with E-state index in [-0.39, 0.29) is 5.91 Å². The van der Waals surface area contributed by atoms with Gasteiger partial charge >= 0.3 is 0 Å². The second-order valence-electron chi connectivity index (χ2n) is 6.71. The third-order valence-corrected chi connectivity index (χ3v) is 5.77. The number of hydrogen-bond donors (Lipinski definition) is 3. The van der Waals surface area contributed by atoms with Crippen molar-refractivity contribution in [3.63, 3.8) is 0 Å². The number of benzene rings is 2. The van der Waals surface area contributed by atoms with E-state index in [4.69, 9.17) is 0 Å². The lowest BCUT2D eigenvalue weighted by atomic mass is 10.1. The number of hydrogen-bond acceptors (Lipinski definition) is 3. The van der Waals surface area contributed by atoms with Gasteiger partial charge in [0.2, 0.25) is 0 Å². The van der Waals surface area contributed by atoms with Crippen LogP contribution in [0, 0.1) is 0 Å². The molecular weight excluding hydrogens is 368 g/mol. The summed E-state index contributed by atoms with van der Waals surface area (Å²) < 4.78 is 1.13. The first-order valence-corrected chi connectivity index (χ1v) is 10.0. The third-order valence-electron chi connectivity index (χ3n) is 4.85. The molecule has 5 aromatic rings. The topological polar surface area (TPSA) is 73.6 Å². The van der Waals surface area contributed by atoms with E-state index in [0.717, 1.165) is 38.9 Å². The highest BCUT2D eigenvalue weighted by atomic mass is 32.1. The maximum absolute atomic E-state index is 12.5. The minimum absolute atomic E-state index is 0.0607. The fourth-order valence-corrected chi connectivity index (χ4v) is 4.24. The highest BCUT2D eigenvalue weighted by Gasteiger charge is 2.13. The molecule has 0 spiro atoms. The molecule has 3 aromatic heterocycles. The zero-order valence-corrected chi connectivity index (χ0v) is 15.8. The number of nitrogens with one attached hydrogen (secondary N) is 3. The average Bonchev–Trinajstić information content (AvgIpc) is 3.43. The Balaban J connectivity index is 1.34. The molecule has 0 aliphatic rings. The van der Waals surface area contributed by atoms with Crippen molar-refractivity contribution >= 4 is 38.4 Å². The van der Waals surface area contributed by atoms with E-state index >= 15 is 0 Å². The third kappa shape index (κ3) is 3.08. The van der Waals surface area contributed by atoms with Gasteiger partial charge in [0.05, 0.1) is 15.9 Å². The number of rotatable bonds is 5. The van der Waals surface area contributed by atoms with Crippen LogP contribution < -0.4 is 5.32 Å². The van der Waals surface area contributed by atoms with Crippen molar-refractivity contribution in [2.45, 2.75) is 6.42 Å². The van der Waals surface area contributed by atoms with Gasteiger partial charge in [0.25, 0.3) is 5.91 Å². The molecule has 0 saturated heterocycles. The molecule has 0 radical (unpaired) electrons. The van der Waals surface area contributed by atoms with Crippen molar-refractivity contribution in [3.8, 4) is 11.4 Å². The molecule has 0 fully saturated rings. The number of carbonyl (C=O) groups excluding carboxylic acids is 1. The first-order valence-electron chi connectivity index (χ1n) is 9.15. The van der Waals surface area contributed by atoms with Gasteiger partial charge in [-0.25, -0.2) is 0 Å². The van der Waals surface area contributed by atoms with Crippen LogP contribution in [-0.2, 0) is 6.42 Å². The van der Waals surface area contributed by atoms with Gasteiger partial charge in [0.1, 0.15) is 5.69 Å². The molecule has 5 nitrogen and oxygen atoms in total. The van der Waals surface area contributed by atoms with Crippen LogP contribution in [-0.4, -0.2) is 27.6 Å². The van der Waals surface area contributed by atoms with Crippen molar-refractivity contribution < 1.29 is 4.79 Å². The van der Waals surface area contributed by atoms with Crippen LogP contribution in [0.2, 0.25) is 0 Å². The van der Waals surface area contributed by atoms with Crippen LogP contribution in [0.25, 0.3) is 32.5 Å². The molecule has 0 aliphatic heterocycles. The van der Waals surface area contributed by atoms with Crippen molar-refractivity contribution in [3.05, 3.63) is 77.2 Å². The summed E-state index contributed by atoms with van der Waals surface area (Å²) in [6.07, 6.45) is 0.817. The maximum atomic E-state index is 12.5. The molecule has 6 heteroatoms. The number of aromatic nitrogens is 3. The van der Waals surface area contributed by atoms with E-state index in [2.05, 4.69) is 38.7 Å². The van der Waals surface area contributed by atoms with Gasteiger partial charge in [-0.15, -0.1) is 11.3 Å². The van der Waals surface area contributed by atoms with Gasteiger partial charge in [0, 0.05) is 23.0 Å². The molecule has 28 heavy (non-hydrogen) atoms. The van der Waals surface area contributed by atoms with Crippen LogP contribution in [0.1, 0.15) is 15.9 Å². The Morgan fingerprint density at radius 3 is 2.82 bits per heavy atom. The van der Waals surface area contributed by atoms with Crippen molar-refractivity contribution in [1.82, 2.24) is 20.5 Å². The maximum Gasteiger partial charge on any atom is 0.251 e. The van der Waals surface area contributed by atoms with E-state index in [1.165, 1.54) is 5.56 Å². The van der Waals surface area contributed by atoms with Crippen molar-refractivity contribution in [2.75, 3.05) is 6.54 Å². The Bertz CT molecular complexity index is 1270. The minimum atomic E-state index is -0.0607. The lowest BCUT2D eigenvalue weighted by Gasteiger charge is -2.05. The Morgan fingerprint density at radius 1 is 1.04 bits per heavy atom. The first kappa shape index (κ1) is 16.8. The Morgan fingerprint density at radius 2 is 1.93 bits per heavy atom. The lowest BCUT2D eigenvalue weighted by molar-refractivity contribution is 0.0954. The average molecular weight is 386 g/mol. The highest BCUT2D eigenvalue weighted by molar-refractivity contribution is 7.17. The van der Waals surface area contributed by atoms with Gasteiger partial charge in [0.15, 0.2) is 0 Å². The summed E-state index contributed by atoms with van der Waals surface area (Å²) in [5.74, 6) is -0.0607. The fraction of sp³-hybridized carbons (Fsp3) is 0.0909. The minimum Gasteiger partial charge on any atom is -0.353 e. The highest BCUT2D eigenvalue weighted by Crippen LogP contribution is 2.31. The number of thiophene rings is 1. The second-order valence-corrected chi connectivity index (χ2v) is 7.63. The van der Waals surface area contributed by atoms with Gasteiger partial charge in [-0.1, -0.05) is 36.4 Å².